The molecule has 0 aliphatic carbocycles. The summed E-state index contributed by atoms with van der Waals surface area (Å²) in [5, 5.41) is 8.85. The van der Waals surface area contributed by atoms with Gasteiger partial charge in [-0.05, 0) is 0 Å². The molecule has 0 aliphatic rings. The van der Waals surface area contributed by atoms with E-state index in [-0.39, 0.29) is 11.4 Å². The molecule has 0 aliphatic heterocycles. The first kappa shape index (κ1) is 9.44. The summed E-state index contributed by atoms with van der Waals surface area (Å²) < 4.78 is 11.4. The van der Waals surface area contributed by atoms with Gasteiger partial charge in [-0.15, -0.1) is 0 Å². The van der Waals surface area contributed by atoms with Crippen molar-refractivity contribution in [1.82, 2.24) is 4.57 Å². The first-order chi connectivity index (χ1) is 6.11. The molecular weight excluding hydrogens is 174 g/mol. The van der Waals surface area contributed by atoms with E-state index in [1.807, 2.05) is 0 Å². The summed E-state index contributed by atoms with van der Waals surface area (Å²) in [6, 6.07) is 0. The van der Waals surface area contributed by atoms with E-state index in [2.05, 4.69) is 0 Å². The first-order valence-electron chi connectivity index (χ1n) is 3.62. The topological polar surface area (TPSA) is 60.7 Å². The predicted octanol–water partition coefficient (Wildman–Crippen LogP) is 0.740. The highest BCUT2D eigenvalue weighted by Crippen LogP contribution is 2.29. The van der Waals surface area contributed by atoms with Crippen LogP contribution in [0.15, 0.2) is 6.20 Å². The van der Waals surface area contributed by atoms with Gasteiger partial charge in [-0.25, -0.2) is 4.79 Å². The molecule has 0 spiro atoms. The van der Waals surface area contributed by atoms with Crippen molar-refractivity contribution >= 4 is 5.97 Å². The Kier molecular flexibility index (Phi) is 2.46. The van der Waals surface area contributed by atoms with Gasteiger partial charge in [0, 0.05) is 13.2 Å². The average molecular weight is 185 g/mol. The number of carboxylic acids is 1. The zero-order valence-electron chi connectivity index (χ0n) is 7.70. The number of hydrogen-bond donors (Lipinski definition) is 1. The zero-order valence-corrected chi connectivity index (χ0v) is 7.70. The molecule has 0 bridgehead atoms. The van der Waals surface area contributed by atoms with Crippen molar-refractivity contribution in [3.05, 3.63) is 11.8 Å². The van der Waals surface area contributed by atoms with Crippen LogP contribution < -0.4 is 9.47 Å². The van der Waals surface area contributed by atoms with Crippen molar-refractivity contribution in [1.29, 1.82) is 0 Å². The van der Waals surface area contributed by atoms with E-state index >= 15 is 0 Å². The van der Waals surface area contributed by atoms with E-state index in [1.54, 1.807) is 17.8 Å². The van der Waals surface area contributed by atoms with Crippen molar-refractivity contribution < 1.29 is 19.4 Å². The maximum Gasteiger partial charge on any atom is 0.345 e. The molecule has 5 nitrogen and oxygen atoms in total. The number of aromatic carboxylic acids is 1. The monoisotopic (exact) mass is 185 g/mol. The van der Waals surface area contributed by atoms with Gasteiger partial charge in [-0.1, -0.05) is 0 Å². The average Bonchev–Trinajstić information content (AvgIpc) is 2.41. The van der Waals surface area contributed by atoms with Crippen LogP contribution in [0.3, 0.4) is 0 Å². The minimum absolute atomic E-state index is 0.0486. The fourth-order valence-corrected chi connectivity index (χ4v) is 1.18. The van der Waals surface area contributed by atoms with E-state index in [0.717, 1.165) is 0 Å². The number of nitrogens with zero attached hydrogens (tertiary/aromatic N) is 1. The molecule has 5 heteroatoms. The van der Waals surface area contributed by atoms with Crippen LogP contribution in [0.4, 0.5) is 0 Å². The van der Waals surface area contributed by atoms with Crippen LogP contribution in [0.1, 0.15) is 10.4 Å². The Morgan fingerprint density at radius 1 is 1.46 bits per heavy atom. The lowest BCUT2D eigenvalue weighted by atomic mass is 10.3. The molecule has 0 atom stereocenters. The van der Waals surface area contributed by atoms with Crippen LogP contribution in [0.5, 0.6) is 11.6 Å². The van der Waals surface area contributed by atoms with Crippen LogP contribution in [0, 0.1) is 0 Å². The van der Waals surface area contributed by atoms with Gasteiger partial charge in [0.1, 0.15) is 0 Å². The molecule has 0 saturated carbocycles. The maximum atomic E-state index is 10.8. The van der Waals surface area contributed by atoms with Gasteiger partial charge >= 0.3 is 5.97 Å². The molecule has 0 amide bonds. The van der Waals surface area contributed by atoms with Crippen LogP contribution in [-0.4, -0.2) is 29.9 Å². The Labute approximate surface area is 75.5 Å². The minimum atomic E-state index is -1.06. The predicted molar refractivity (Wildman–Crippen MR) is 45.5 cm³/mol. The Balaban J connectivity index is 3.32. The van der Waals surface area contributed by atoms with E-state index < -0.39 is 5.97 Å². The van der Waals surface area contributed by atoms with Crippen molar-refractivity contribution in [3.63, 3.8) is 0 Å². The molecule has 0 radical (unpaired) electrons. The molecule has 0 saturated heterocycles. The second kappa shape index (κ2) is 3.38. The second-order valence-electron chi connectivity index (χ2n) is 2.50. The quantitative estimate of drug-likeness (QED) is 0.754. The molecule has 1 heterocycles. The van der Waals surface area contributed by atoms with Crippen molar-refractivity contribution in [2.45, 2.75) is 0 Å². The summed E-state index contributed by atoms with van der Waals surface area (Å²) in [4.78, 5) is 10.8. The van der Waals surface area contributed by atoms with Gasteiger partial charge < -0.3 is 19.1 Å². The van der Waals surface area contributed by atoms with E-state index in [0.29, 0.717) is 5.75 Å². The molecule has 0 unspecified atom stereocenters. The Morgan fingerprint density at radius 2 is 2.08 bits per heavy atom. The minimum Gasteiger partial charge on any atom is -0.494 e. The van der Waals surface area contributed by atoms with E-state index in [4.69, 9.17) is 14.6 Å². The normalized spacial score (nSPS) is 9.77. The molecule has 1 aromatic heterocycles. The first-order valence-corrected chi connectivity index (χ1v) is 3.62. The fraction of sp³-hybridized carbons (Fsp3) is 0.375. The zero-order chi connectivity index (χ0) is 10.0. The number of ether oxygens (including phenoxy) is 2. The van der Waals surface area contributed by atoms with Gasteiger partial charge in [-0.3, -0.25) is 0 Å². The van der Waals surface area contributed by atoms with Crippen LogP contribution in [0.25, 0.3) is 0 Å². The number of aromatic nitrogens is 1. The largest absolute Gasteiger partial charge is 0.494 e. The molecule has 13 heavy (non-hydrogen) atoms. The molecular formula is C8H11NO4. The van der Waals surface area contributed by atoms with Crippen LogP contribution in [0.2, 0.25) is 0 Å². The van der Waals surface area contributed by atoms with Gasteiger partial charge in [0.15, 0.2) is 11.3 Å². The van der Waals surface area contributed by atoms with Gasteiger partial charge in [0.25, 0.3) is 0 Å². The summed E-state index contributed by atoms with van der Waals surface area (Å²) in [6.45, 7) is 0. The molecule has 1 aromatic rings. The highest BCUT2D eigenvalue weighted by Gasteiger charge is 2.21. The van der Waals surface area contributed by atoms with Crippen LogP contribution >= 0.6 is 0 Å². The number of carboxylic acid groups (broad SMARTS) is 1. The van der Waals surface area contributed by atoms with Crippen molar-refractivity contribution in [2.75, 3.05) is 14.2 Å². The molecule has 72 valence electrons. The van der Waals surface area contributed by atoms with Crippen LogP contribution in [-0.2, 0) is 7.05 Å². The van der Waals surface area contributed by atoms with Crippen molar-refractivity contribution in [2.24, 2.45) is 7.05 Å². The highest BCUT2D eigenvalue weighted by atomic mass is 16.5. The molecule has 1 N–H and O–H groups in total. The summed E-state index contributed by atoms with van der Waals surface area (Å²) >= 11 is 0. The third kappa shape index (κ3) is 1.44. The Bertz CT molecular complexity index is 329. The lowest BCUT2D eigenvalue weighted by Gasteiger charge is -2.01. The number of methoxy groups -OCH3 is 2. The molecule has 0 fully saturated rings. The third-order valence-electron chi connectivity index (χ3n) is 1.72. The third-order valence-corrected chi connectivity index (χ3v) is 1.72. The standard InChI is InChI=1S/C8H11NO4/c1-9-4-5(12-2)6(8(10)11)7(9)13-3/h4H,1-3H3,(H,10,11). The molecule has 0 aromatic carbocycles. The molecule has 1 rings (SSSR count). The van der Waals surface area contributed by atoms with Gasteiger partial charge in [-0.2, -0.15) is 0 Å². The number of aryl methyl sites for hydroxylation is 1. The second-order valence-corrected chi connectivity index (χ2v) is 2.50. The SMILES string of the molecule is COc1cn(C)c(OC)c1C(=O)O. The summed E-state index contributed by atoms with van der Waals surface area (Å²) in [5.41, 5.74) is 0.0486. The lowest BCUT2D eigenvalue weighted by molar-refractivity contribution is 0.0689. The summed E-state index contributed by atoms with van der Waals surface area (Å²) in [5.74, 6) is -0.481. The maximum absolute atomic E-state index is 10.8. The van der Waals surface area contributed by atoms with Gasteiger partial charge in [0.2, 0.25) is 5.88 Å². The lowest BCUT2D eigenvalue weighted by Crippen LogP contribution is -2.01. The van der Waals surface area contributed by atoms with E-state index in [1.165, 1.54) is 14.2 Å². The summed E-state index contributed by atoms with van der Waals surface area (Å²) in [6.07, 6.45) is 1.56. The van der Waals surface area contributed by atoms with Crippen molar-refractivity contribution in [3.8, 4) is 11.6 Å². The Hall–Kier alpha value is -1.65. The highest BCUT2D eigenvalue weighted by molar-refractivity contribution is 5.93. The summed E-state index contributed by atoms with van der Waals surface area (Å²) in [7, 11) is 4.52. The number of carbonyl (C=O) groups is 1. The fourth-order valence-electron chi connectivity index (χ4n) is 1.18. The number of rotatable bonds is 3. The smallest absolute Gasteiger partial charge is 0.345 e. The number of hydrogen-bond acceptors (Lipinski definition) is 3. The van der Waals surface area contributed by atoms with Gasteiger partial charge in [0.05, 0.1) is 14.2 Å². The Morgan fingerprint density at radius 3 is 2.46 bits per heavy atom. The van der Waals surface area contributed by atoms with E-state index in [9.17, 15) is 4.79 Å².